The molecule has 5 nitrogen and oxygen atoms in total. The number of nitrogens with two attached hydrogens (primary N) is 1. The number of halogens is 3. The van der Waals surface area contributed by atoms with Crippen molar-refractivity contribution < 1.29 is 18.4 Å². The minimum Gasteiger partial charge on any atom is -0.392 e. The molecule has 1 aromatic carbocycles. The first kappa shape index (κ1) is 15.3. The van der Waals surface area contributed by atoms with Gasteiger partial charge in [-0.05, 0) is 6.07 Å². The predicted molar refractivity (Wildman–Crippen MR) is 69.8 cm³/mol. The van der Waals surface area contributed by atoms with E-state index in [4.69, 9.17) is 17.3 Å². The lowest BCUT2D eigenvalue weighted by Crippen LogP contribution is -2.39. The van der Waals surface area contributed by atoms with Crippen molar-refractivity contribution in [2.24, 2.45) is 5.73 Å². The molecule has 0 saturated heterocycles. The number of amides is 2. The van der Waals surface area contributed by atoms with E-state index in [0.29, 0.717) is 6.07 Å². The molecule has 0 radical (unpaired) electrons. The quantitative estimate of drug-likeness (QED) is 0.573. The molecule has 0 bridgehead atoms. The van der Waals surface area contributed by atoms with Gasteiger partial charge in [-0.1, -0.05) is 23.8 Å². The van der Waals surface area contributed by atoms with Crippen LogP contribution in [0.2, 0.25) is 5.02 Å². The molecule has 9 heteroatoms. The minimum absolute atomic E-state index is 0.0212. The number of thiocarbonyl (C=S) groups is 1. The first-order valence-electron chi connectivity index (χ1n) is 4.83. The fourth-order valence-electron chi connectivity index (χ4n) is 1.08. The average molecular weight is 308 g/mol. The zero-order valence-electron chi connectivity index (χ0n) is 9.30. The van der Waals surface area contributed by atoms with Gasteiger partial charge in [-0.15, -0.1) is 0 Å². The van der Waals surface area contributed by atoms with E-state index in [9.17, 15) is 18.4 Å². The molecule has 0 heterocycles. The van der Waals surface area contributed by atoms with Gasteiger partial charge >= 0.3 is 11.8 Å². The maximum Gasteiger partial charge on any atom is 0.313 e. The average Bonchev–Trinajstić information content (AvgIpc) is 2.30. The summed E-state index contributed by atoms with van der Waals surface area (Å²) in [6.45, 7) is -0.179. The van der Waals surface area contributed by atoms with Crippen molar-refractivity contribution in [2.45, 2.75) is 0 Å². The Hall–Kier alpha value is -1.80. The normalized spacial score (nSPS) is 9.84. The highest BCUT2D eigenvalue weighted by Gasteiger charge is 2.18. The summed E-state index contributed by atoms with van der Waals surface area (Å²) < 4.78 is 26.1. The third-order valence-electron chi connectivity index (χ3n) is 1.87. The Balaban J connectivity index is 2.77. The Morgan fingerprint density at radius 3 is 2.47 bits per heavy atom. The highest BCUT2D eigenvalue weighted by molar-refractivity contribution is 7.80. The summed E-state index contributed by atoms with van der Waals surface area (Å²) in [7, 11) is 0. The van der Waals surface area contributed by atoms with Gasteiger partial charge in [-0.2, -0.15) is 0 Å². The molecule has 0 atom stereocenters. The van der Waals surface area contributed by atoms with Crippen molar-refractivity contribution in [2.75, 3.05) is 11.9 Å². The van der Waals surface area contributed by atoms with Crippen LogP contribution in [-0.4, -0.2) is 23.3 Å². The van der Waals surface area contributed by atoms with Crippen molar-refractivity contribution in [1.82, 2.24) is 5.32 Å². The van der Waals surface area contributed by atoms with E-state index < -0.39 is 29.1 Å². The third kappa shape index (κ3) is 4.42. The van der Waals surface area contributed by atoms with Gasteiger partial charge in [-0.25, -0.2) is 8.78 Å². The first-order chi connectivity index (χ1) is 8.81. The fourth-order valence-corrected chi connectivity index (χ4v) is 1.39. The maximum absolute atomic E-state index is 13.3. The van der Waals surface area contributed by atoms with Crippen LogP contribution >= 0.6 is 23.8 Å². The van der Waals surface area contributed by atoms with Crippen LogP contribution in [0, 0.1) is 11.6 Å². The molecule has 0 aliphatic heterocycles. The first-order valence-corrected chi connectivity index (χ1v) is 5.62. The molecule has 1 aromatic rings. The highest BCUT2D eigenvalue weighted by atomic mass is 35.5. The van der Waals surface area contributed by atoms with E-state index >= 15 is 0 Å². The Kier molecular flexibility index (Phi) is 5.13. The van der Waals surface area contributed by atoms with E-state index in [1.165, 1.54) is 0 Å². The number of hydrogen-bond donors (Lipinski definition) is 3. The maximum atomic E-state index is 13.3. The molecule has 2 amide bonds. The molecule has 0 aliphatic carbocycles. The lowest BCUT2D eigenvalue weighted by Gasteiger charge is -2.08. The molecule has 4 N–H and O–H groups in total. The second-order valence-electron chi connectivity index (χ2n) is 3.35. The van der Waals surface area contributed by atoms with Crippen LogP contribution in [0.25, 0.3) is 0 Å². The topological polar surface area (TPSA) is 84.2 Å². The number of carbonyl (C=O) groups excluding carboxylic acids is 2. The molecule has 0 fully saturated rings. The summed E-state index contributed by atoms with van der Waals surface area (Å²) in [5, 5.41) is 3.65. The number of benzene rings is 1. The van der Waals surface area contributed by atoms with Crippen molar-refractivity contribution in [3.8, 4) is 0 Å². The lowest BCUT2D eigenvalue weighted by atomic mass is 10.3. The Morgan fingerprint density at radius 1 is 1.32 bits per heavy atom. The van der Waals surface area contributed by atoms with Gasteiger partial charge in [0.15, 0.2) is 5.82 Å². The van der Waals surface area contributed by atoms with E-state index in [1.807, 2.05) is 5.32 Å². The van der Waals surface area contributed by atoms with Gasteiger partial charge in [-0.3, -0.25) is 9.59 Å². The second-order valence-corrected chi connectivity index (χ2v) is 4.28. The Morgan fingerprint density at radius 2 is 1.95 bits per heavy atom. The smallest absolute Gasteiger partial charge is 0.313 e. The molecule has 0 aliphatic rings. The molecule has 0 unspecified atom stereocenters. The van der Waals surface area contributed by atoms with Crippen molar-refractivity contribution in [3.63, 3.8) is 0 Å². The highest BCUT2D eigenvalue weighted by Crippen LogP contribution is 2.26. The van der Waals surface area contributed by atoms with E-state index in [0.717, 1.165) is 6.07 Å². The minimum atomic E-state index is -1.18. The monoisotopic (exact) mass is 307 g/mol. The van der Waals surface area contributed by atoms with Crippen LogP contribution in [-0.2, 0) is 9.59 Å². The second kappa shape index (κ2) is 6.39. The Bertz CT molecular complexity index is 531. The van der Waals surface area contributed by atoms with Crippen molar-refractivity contribution in [3.05, 3.63) is 28.8 Å². The van der Waals surface area contributed by atoms with Gasteiger partial charge < -0.3 is 16.4 Å². The SMILES string of the molecule is NC(=S)CNC(=O)C(=O)Nc1c(F)cc(F)cc1Cl. The number of anilines is 1. The molecule has 0 spiro atoms. The Labute approximate surface area is 117 Å². The van der Waals surface area contributed by atoms with Crippen LogP contribution in [0.3, 0.4) is 0 Å². The molecule has 1 rings (SSSR count). The summed E-state index contributed by atoms with van der Waals surface area (Å²) in [5.74, 6) is -4.25. The largest absolute Gasteiger partial charge is 0.392 e. The zero-order valence-corrected chi connectivity index (χ0v) is 10.9. The summed E-state index contributed by atoms with van der Waals surface area (Å²) >= 11 is 10.0. The van der Waals surface area contributed by atoms with Gasteiger partial charge in [0, 0.05) is 6.07 Å². The van der Waals surface area contributed by atoms with E-state index in [-0.39, 0.29) is 16.6 Å². The fraction of sp³-hybridized carbons (Fsp3) is 0.100. The van der Waals surface area contributed by atoms with E-state index in [1.54, 1.807) is 0 Å². The summed E-state index contributed by atoms with van der Waals surface area (Å²) in [4.78, 5) is 22.6. The van der Waals surface area contributed by atoms with Crippen LogP contribution < -0.4 is 16.4 Å². The standard InChI is InChI=1S/C10H8ClF2N3O2S/c11-5-1-4(12)2-6(13)8(5)16-10(18)9(17)15-3-7(14)19/h1-2H,3H2,(H2,14,19)(H,15,17)(H,16,18). The molecule has 19 heavy (non-hydrogen) atoms. The van der Waals surface area contributed by atoms with Crippen molar-refractivity contribution in [1.29, 1.82) is 0 Å². The van der Waals surface area contributed by atoms with Gasteiger partial charge in [0.1, 0.15) is 5.82 Å². The van der Waals surface area contributed by atoms with Gasteiger partial charge in [0.25, 0.3) is 0 Å². The van der Waals surface area contributed by atoms with Crippen molar-refractivity contribution >= 4 is 46.3 Å². The molecular formula is C10H8ClF2N3O2S. The summed E-state index contributed by atoms with van der Waals surface area (Å²) in [5.41, 5.74) is 4.63. The van der Waals surface area contributed by atoms with Gasteiger partial charge in [0.05, 0.1) is 22.2 Å². The molecule has 102 valence electrons. The number of hydrogen-bond acceptors (Lipinski definition) is 3. The number of carbonyl (C=O) groups is 2. The molecule has 0 saturated carbocycles. The number of rotatable bonds is 3. The van der Waals surface area contributed by atoms with Crippen LogP contribution in [0.5, 0.6) is 0 Å². The summed E-state index contributed by atoms with van der Waals surface area (Å²) in [6, 6.07) is 1.32. The number of nitrogens with one attached hydrogen (secondary N) is 2. The summed E-state index contributed by atoms with van der Waals surface area (Å²) in [6.07, 6.45) is 0. The third-order valence-corrected chi connectivity index (χ3v) is 2.32. The predicted octanol–water partition coefficient (Wildman–Crippen LogP) is 0.959. The van der Waals surface area contributed by atoms with Crippen LogP contribution in [0.4, 0.5) is 14.5 Å². The van der Waals surface area contributed by atoms with Crippen LogP contribution in [0.15, 0.2) is 12.1 Å². The molecule has 0 aromatic heterocycles. The molecular weight excluding hydrogens is 300 g/mol. The van der Waals surface area contributed by atoms with Crippen LogP contribution in [0.1, 0.15) is 0 Å². The lowest BCUT2D eigenvalue weighted by molar-refractivity contribution is -0.135. The van der Waals surface area contributed by atoms with E-state index in [2.05, 4.69) is 17.5 Å². The zero-order chi connectivity index (χ0) is 14.6. The van der Waals surface area contributed by atoms with Gasteiger partial charge in [0.2, 0.25) is 0 Å².